The van der Waals surface area contributed by atoms with Crippen LogP contribution in [0.5, 0.6) is 0 Å². The van der Waals surface area contributed by atoms with Crippen molar-refractivity contribution >= 4 is 15.7 Å². The van der Waals surface area contributed by atoms with E-state index in [2.05, 4.69) is 0 Å². The van der Waals surface area contributed by atoms with Gasteiger partial charge in [0, 0.05) is 6.07 Å². The van der Waals surface area contributed by atoms with Crippen LogP contribution in [0.4, 0.5) is 10.1 Å². The van der Waals surface area contributed by atoms with E-state index in [-0.39, 0.29) is 0 Å². The largest absolute Gasteiger partial charge is 0.292 e. The molecule has 96 valence electrons. The molecule has 0 aliphatic carbocycles. The van der Waals surface area contributed by atoms with Crippen molar-refractivity contribution in [2.24, 2.45) is 0 Å². The molecule has 0 spiro atoms. The first-order valence-electron chi connectivity index (χ1n) is 4.64. The van der Waals surface area contributed by atoms with Crippen molar-refractivity contribution in [3.63, 3.8) is 0 Å². The molecule has 1 aromatic rings. The summed E-state index contributed by atoms with van der Waals surface area (Å²) in [6.07, 6.45) is 0. The van der Waals surface area contributed by atoms with E-state index in [1.165, 1.54) is 6.92 Å². The molecule has 0 saturated carbocycles. The third kappa shape index (κ3) is 2.79. The van der Waals surface area contributed by atoms with Gasteiger partial charge < -0.3 is 0 Å². The molecule has 0 amide bonds. The second-order valence-corrected chi connectivity index (χ2v) is 4.97. The molecular weight excluding hydrogens is 265 g/mol. The Morgan fingerprint density at radius 1 is 1.56 bits per heavy atom. The lowest BCUT2D eigenvalue weighted by atomic mass is 10.3. The summed E-state index contributed by atoms with van der Waals surface area (Å²) >= 11 is 0. The van der Waals surface area contributed by atoms with Gasteiger partial charge in [-0.25, -0.2) is 12.8 Å². The monoisotopic (exact) mass is 273 g/mol. The first kappa shape index (κ1) is 14.0. The van der Waals surface area contributed by atoms with Gasteiger partial charge in [0.15, 0.2) is 4.90 Å². The van der Waals surface area contributed by atoms with Gasteiger partial charge in [-0.05, 0) is 13.0 Å². The molecule has 1 atom stereocenters. The zero-order valence-corrected chi connectivity index (χ0v) is 9.94. The summed E-state index contributed by atoms with van der Waals surface area (Å²) in [6.45, 7) is 1.23. The number of hydrogen-bond donors (Lipinski definition) is 1. The lowest BCUT2D eigenvalue weighted by molar-refractivity contribution is -0.388. The Balaban J connectivity index is 3.41. The summed E-state index contributed by atoms with van der Waals surface area (Å²) in [4.78, 5) is 8.58. The molecule has 9 heteroatoms. The summed E-state index contributed by atoms with van der Waals surface area (Å²) in [5.74, 6) is -1.25. The normalized spacial score (nSPS) is 12.7. The van der Waals surface area contributed by atoms with Crippen molar-refractivity contribution in [2.75, 3.05) is 0 Å². The smallest absolute Gasteiger partial charge is 0.258 e. The van der Waals surface area contributed by atoms with Gasteiger partial charge in [0.05, 0.1) is 11.0 Å². The van der Waals surface area contributed by atoms with Gasteiger partial charge in [0.2, 0.25) is 0 Å². The van der Waals surface area contributed by atoms with Gasteiger partial charge in [-0.3, -0.25) is 10.1 Å². The predicted octanol–water partition coefficient (Wildman–Crippen LogP) is 0.924. The zero-order valence-electron chi connectivity index (χ0n) is 9.12. The summed E-state index contributed by atoms with van der Waals surface area (Å²) in [5.41, 5.74) is -0.882. The summed E-state index contributed by atoms with van der Waals surface area (Å²) in [6, 6.07) is 3.13. The van der Waals surface area contributed by atoms with Crippen LogP contribution in [0.1, 0.15) is 6.92 Å². The summed E-state index contributed by atoms with van der Waals surface area (Å²) < 4.78 is 38.8. The number of sulfonamides is 1. The Labute approximate surface area is 102 Å². The highest BCUT2D eigenvalue weighted by molar-refractivity contribution is 7.89. The minimum Gasteiger partial charge on any atom is -0.258 e. The Morgan fingerprint density at radius 2 is 2.17 bits per heavy atom. The number of nitriles is 1. The van der Waals surface area contributed by atoms with Crippen LogP contribution in [-0.4, -0.2) is 19.4 Å². The van der Waals surface area contributed by atoms with Gasteiger partial charge in [-0.2, -0.15) is 9.98 Å². The highest BCUT2D eigenvalue weighted by Gasteiger charge is 2.30. The minimum atomic E-state index is -4.47. The Morgan fingerprint density at radius 3 is 2.67 bits per heavy atom. The quantitative estimate of drug-likeness (QED) is 0.647. The number of rotatable bonds is 4. The number of nitro benzene ring substituents is 1. The zero-order chi connectivity index (χ0) is 13.9. The molecule has 0 aliphatic heterocycles. The Kier molecular flexibility index (Phi) is 3.95. The van der Waals surface area contributed by atoms with E-state index in [1.54, 1.807) is 6.07 Å². The standard InChI is InChI=1S/C9H8FN3O4S/c1-6(5-11)12-18(16,17)9-7(10)3-2-4-8(9)13(14)15/h2-4,6,12H,1H3/t6-/m1/s1. The lowest BCUT2D eigenvalue weighted by Crippen LogP contribution is -2.32. The van der Waals surface area contributed by atoms with Gasteiger partial charge in [-0.15, -0.1) is 0 Å². The highest BCUT2D eigenvalue weighted by atomic mass is 32.2. The fourth-order valence-corrected chi connectivity index (χ4v) is 2.60. The fraction of sp³-hybridized carbons (Fsp3) is 0.222. The molecule has 1 N–H and O–H groups in total. The van der Waals surface area contributed by atoms with Gasteiger partial charge in [-0.1, -0.05) is 6.07 Å². The minimum absolute atomic E-state index is 0.790. The van der Waals surface area contributed by atoms with Gasteiger partial charge in [0.25, 0.3) is 15.7 Å². The maximum Gasteiger partial charge on any atom is 0.292 e. The number of halogens is 1. The van der Waals surface area contributed by atoms with E-state index in [0.717, 1.165) is 18.2 Å². The third-order valence-electron chi connectivity index (χ3n) is 1.94. The van der Waals surface area contributed by atoms with Crippen LogP contribution >= 0.6 is 0 Å². The average molecular weight is 273 g/mol. The second kappa shape index (κ2) is 5.07. The molecule has 0 fully saturated rings. The molecule has 0 aliphatic rings. The van der Waals surface area contributed by atoms with E-state index in [1.807, 2.05) is 4.72 Å². The maximum absolute atomic E-state index is 13.5. The van der Waals surface area contributed by atoms with E-state index in [0.29, 0.717) is 0 Å². The molecule has 0 unspecified atom stereocenters. The number of benzene rings is 1. The summed E-state index contributed by atoms with van der Waals surface area (Å²) in [7, 11) is -4.47. The van der Waals surface area contributed by atoms with E-state index < -0.39 is 37.4 Å². The molecular formula is C9H8FN3O4S. The van der Waals surface area contributed by atoms with Crippen molar-refractivity contribution in [3.8, 4) is 6.07 Å². The van der Waals surface area contributed by atoms with Crippen LogP contribution in [0.15, 0.2) is 23.1 Å². The number of hydrogen-bond acceptors (Lipinski definition) is 5. The highest BCUT2D eigenvalue weighted by Crippen LogP contribution is 2.26. The molecule has 18 heavy (non-hydrogen) atoms. The number of nitro groups is 1. The molecule has 1 aromatic carbocycles. The number of nitrogens with one attached hydrogen (secondary N) is 1. The molecule has 1 rings (SSSR count). The predicted molar refractivity (Wildman–Crippen MR) is 58.5 cm³/mol. The Bertz CT molecular complexity index is 623. The van der Waals surface area contributed by atoms with Crippen LogP contribution in [-0.2, 0) is 10.0 Å². The van der Waals surface area contributed by atoms with E-state index >= 15 is 0 Å². The average Bonchev–Trinajstić information content (AvgIpc) is 2.27. The molecule has 0 aromatic heterocycles. The van der Waals surface area contributed by atoms with Crippen LogP contribution < -0.4 is 4.72 Å². The maximum atomic E-state index is 13.5. The van der Waals surface area contributed by atoms with Gasteiger partial charge >= 0.3 is 0 Å². The van der Waals surface area contributed by atoms with Crippen LogP contribution in [0.2, 0.25) is 0 Å². The van der Waals surface area contributed by atoms with Crippen molar-refractivity contribution in [3.05, 3.63) is 34.1 Å². The van der Waals surface area contributed by atoms with Crippen molar-refractivity contribution in [2.45, 2.75) is 17.9 Å². The molecule has 0 bridgehead atoms. The topological polar surface area (TPSA) is 113 Å². The van der Waals surface area contributed by atoms with Crippen LogP contribution in [0.3, 0.4) is 0 Å². The van der Waals surface area contributed by atoms with Crippen molar-refractivity contribution in [1.82, 2.24) is 4.72 Å². The fourth-order valence-electron chi connectivity index (χ4n) is 1.23. The van der Waals surface area contributed by atoms with Crippen molar-refractivity contribution < 1.29 is 17.7 Å². The summed E-state index contributed by atoms with van der Waals surface area (Å²) in [5, 5.41) is 19.1. The molecule has 0 heterocycles. The molecule has 7 nitrogen and oxygen atoms in total. The first-order chi connectivity index (χ1) is 8.29. The third-order valence-corrected chi connectivity index (χ3v) is 3.54. The number of nitrogens with zero attached hydrogens (tertiary/aromatic N) is 2. The van der Waals surface area contributed by atoms with E-state index in [9.17, 15) is 22.9 Å². The second-order valence-electron chi connectivity index (χ2n) is 3.32. The van der Waals surface area contributed by atoms with Crippen molar-refractivity contribution in [1.29, 1.82) is 5.26 Å². The SMILES string of the molecule is C[C@H](C#N)NS(=O)(=O)c1c(F)cccc1[N+](=O)[O-]. The van der Waals surface area contributed by atoms with E-state index in [4.69, 9.17) is 5.26 Å². The molecule has 0 saturated heterocycles. The lowest BCUT2D eigenvalue weighted by Gasteiger charge is -2.08. The first-order valence-corrected chi connectivity index (χ1v) is 6.12. The van der Waals surface area contributed by atoms with Crippen LogP contribution in [0, 0.1) is 27.3 Å². The van der Waals surface area contributed by atoms with Crippen LogP contribution in [0.25, 0.3) is 0 Å². The van der Waals surface area contributed by atoms with Gasteiger partial charge in [0.1, 0.15) is 11.9 Å². The Hall–Kier alpha value is -2.05. The molecule has 0 radical (unpaired) electrons.